The molecule has 4 nitrogen and oxygen atoms in total. The number of hydrogen-bond donors (Lipinski definition) is 2. The van der Waals surface area contributed by atoms with Crippen LogP contribution in [0.1, 0.15) is 56.2 Å². The quantitative estimate of drug-likeness (QED) is 0.689. The van der Waals surface area contributed by atoms with Crippen LogP contribution in [0.3, 0.4) is 0 Å². The summed E-state index contributed by atoms with van der Waals surface area (Å²) in [5, 5.41) is 6.59. The summed E-state index contributed by atoms with van der Waals surface area (Å²) in [6.45, 7) is 8.15. The van der Waals surface area contributed by atoms with Crippen LogP contribution in [0.25, 0.3) is 0 Å². The van der Waals surface area contributed by atoms with Gasteiger partial charge in [-0.1, -0.05) is 24.8 Å². The molecule has 33 heavy (non-hydrogen) atoms. The third kappa shape index (κ3) is 3.79. The van der Waals surface area contributed by atoms with Gasteiger partial charge < -0.3 is 15.5 Å². The topological polar surface area (TPSA) is 44.4 Å². The van der Waals surface area contributed by atoms with Gasteiger partial charge in [0.2, 0.25) is 5.91 Å². The molecule has 1 amide bonds. The molecule has 2 heterocycles. The lowest BCUT2D eigenvalue weighted by Gasteiger charge is -2.40. The summed E-state index contributed by atoms with van der Waals surface area (Å²) < 4.78 is 27.7. The number of nitrogens with one attached hydrogen (secondary N) is 2. The van der Waals surface area contributed by atoms with Crippen molar-refractivity contribution in [3.63, 3.8) is 0 Å². The average Bonchev–Trinajstić information content (AvgIpc) is 3.48. The van der Waals surface area contributed by atoms with Gasteiger partial charge in [-0.2, -0.15) is 0 Å². The van der Waals surface area contributed by atoms with Crippen molar-refractivity contribution < 1.29 is 13.6 Å². The Morgan fingerprint density at radius 2 is 1.91 bits per heavy atom. The van der Waals surface area contributed by atoms with Crippen molar-refractivity contribution in [1.82, 2.24) is 15.5 Å². The van der Waals surface area contributed by atoms with Gasteiger partial charge in [0.05, 0.1) is 5.41 Å². The van der Waals surface area contributed by atoms with Gasteiger partial charge in [0, 0.05) is 42.6 Å². The highest BCUT2D eigenvalue weighted by Crippen LogP contribution is 2.50. The predicted octanol–water partition coefficient (Wildman–Crippen LogP) is 4.84. The van der Waals surface area contributed by atoms with E-state index < -0.39 is 11.3 Å². The molecular weight excluding hydrogens is 420 g/mol. The second kappa shape index (κ2) is 7.57. The Bertz CT molecular complexity index is 1140. The predicted molar refractivity (Wildman–Crippen MR) is 125 cm³/mol. The summed E-state index contributed by atoms with van der Waals surface area (Å²) >= 11 is 0. The first-order chi connectivity index (χ1) is 15.6. The highest BCUT2D eigenvalue weighted by Gasteiger charge is 2.52. The molecule has 2 aliphatic carbocycles. The Morgan fingerprint density at radius 1 is 1.18 bits per heavy atom. The van der Waals surface area contributed by atoms with E-state index in [4.69, 9.17) is 0 Å². The van der Waals surface area contributed by atoms with Crippen LogP contribution in [0, 0.1) is 0 Å². The third-order valence-electron chi connectivity index (χ3n) is 7.61. The first kappa shape index (κ1) is 21.9. The SMILES string of the molecule is C=C1C=CC(C2=C(C)CCC(NC(=O)C3(c4ccc5c(c4)CC(F)(F)C5)CC3)N2C)=C(C)N1. The number of benzene rings is 1. The Kier molecular flexibility index (Phi) is 5.03. The van der Waals surface area contributed by atoms with Crippen molar-refractivity contribution in [2.24, 2.45) is 0 Å². The molecule has 0 aromatic heterocycles. The van der Waals surface area contributed by atoms with Gasteiger partial charge in [-0.3, -0.25) is 4.79 Å². The standard InChI is InChI=1S/C27H31F2N3O/c1-16-5-10-23(32(4)24(16)22-9-6-17(2)30-18(22)3)31-25(33)26(11-12-26)21-8-7-19-14-27(28,29)15-20(19)13-21/h6-9,13,23,30H,2,5,10-12,14-15H2,1,3-4H3,(H,31,33). The van der Waals surface area contributed by atoms with Crippen LogP contribution >= 0.6 is 0 Å². The molecule has 1 atom stereocenters. The zero-order valence-electron chi connectivity index (χ0n) is 19.5. The maximum Gasteiger partial charge on any atom is 0.256 e. The minimum Gasteiger partial charge on any atom is -0.359 e. The number of hydrogen-bond acceptors (Lipinski definition) is 3. The van der Waals surface area contributed by atoms with Crippen molar-refractivity contribution in [3.05, 3.63) is 81.9 Å². The Labute approximate surface area is 194 Å². The summed E-state index contributed by atoms with van der Waals surface area (Å²) in [7, 11) is 2.03. The van der Waals surface area contributed by atoms with Gasteiger partial charge in [0.1, 0.15) is 6.17 Å². The summed E-state index contributed by atoms with van der Waals surface area (Å²) in [4.78, 5) is 15.7. The molecule has 2 N–H and O–H groups in total. The van der Waals surface area contributed by atoms with Crippen molar-refractivity contribution >= 4 is 5.91 Å². The summed E-state index contributed by atoms with van der Waals surface area (Å²) in [5.74, 6) is -2.67. The zero-order valence-corrected chi connectivity index (χ0v) is 19.5. The molecule has 174 valence electrons. The molecule has 0 radical (unpaired) electrons. The molecular formula is C27H31F2N3O. The van der Waals surface area contributed by atoms with Crippen LogP contribution in [-0.2, 0) is 23.1 Å². The first-order valence-electron chi connectivity index (χ1n) is 11.7. The van der Waals surface area contributed by atoms with E-state index in [9.17, 15) is 13.6 Å². The summed E-state index contributed by atoms with van der Waals surface area (Å²) in [6, 6.07) is 5.52. The number of carbonyl (C=O) groups is 1. The van der Waals surface area contributed by atoms with Crippen molar-refractivity contribution in [1.29, 1.82) is 0 Å². The van der Waals surface area contributed by atoms with E-state index in [1.54, 1.807) is 6.07 Å². The number of allylic oxidation sites excluding steroid dienone is 4. The lowest BCUT2D eigenvalue weighted by Crippen LogP contribution is -2.51. The molecule has 6 heteroatoms. The molecule has 5 rings (SSSR count). The Balaban J connectivity index is 1.35. The Morgan fingerprint density at radius 3 is 2.61 bits per heavy atom. The fourth-order valence-electron chi connectivity index (χ4n) is 5.57. The highest BCUT2D eigenvalue weighted by atomic mass is 19.3. The second-order valence-corrected chi connectivity index (χ2v) is 10.1. The second-order valence-electron chi connectivity index (χ2n) is 10.1. The molecule has 1 fully saturated rings. The molecule has 1 aromatic rings. The van der Waals surface area contributed by atoms with E-state index in [1.807, 2.05) is 32.2 Å². The number of dihydropyridines is 1. The summed E-state index contributed by atoms with van der Waals surface area (Å²) in [5.41, 5.74) is 7.11. The normalized spacial score (nSPS) is 25.2. The Hall–Kier alpha value is -2.89. The minimum atomic E-state index is -2.67. The molecule has 1 saturated carbocycles. The number of likely N-dealkylation sites (N-methyl/N-ethyl adjacent to an activating group) is 1. The van der Waals surface area contributed by atoms with E-state index in [2.05, 4.69) is 35.1 Å². The van der Waals surface area contributed by atoms with E-state index >= 15 is 0 Å². The van der Waals surface area contributed by atoms with Crippen LogP contribution in [0.2, 0.25) is 0 Å². The van der Waals surface area contributed by atoms with Crippen LogP contribution < -0.4 is 10.6 Å². The molecule has 0 bridgehead atoms. The van der Waals surface area contributed by atoms with Crippen LogP contribution in [-0.4, -0.2) is 29.9 Å². The van der Waals surface area contributed by atoms with E-state index in [-0.39, 0.29) is 24.9 Å². The largest absolute Gasteiger partial charge is 0.359 e. The fourth-order valence-corrected chi connectivity index (χ4v) is 5.57. The number of fused-ring (bicyclic) bond motifs is 1. The molecule has 1 unspecified atom stereocenters. The number of rotatable bonds is 4. The van der Waals surface area contributed by atoms with Crippen LogP contribution in [0.4, 0.5) is 8.78 Å². The first-order valence-corrected chi connectivity index (χ1v) is 11.7. The van der Waals surface area contributed by atoms with E-state index in [0.717, 1.165) is 53.9 Å². The van der Waals surface area contributed by atoms with E-state index in [0.29, 0.717) is 11.1 Å². The van der Waals surface area contributed by atoms with Crippen LogP contribution in [0.5, 0.6) is 0 Å². The molecule has 2 aliphatic heterocycles. The number of carbonyl (C=O) groups excluding carboxylic acids is 1. The van der Waals surface area contributed by atoms with Gasteiger partial charge in [-0.05, 0) is 73.9 Å². The van der Waals surface area contributed by atoms with Gasteiger partial charge in [0.25, 0.3) is 5.92 Å². The van der Waals surface area contributed by atoms with Crippen molar-refractivity contribution in [3.8, 4) is 0 Å². The van der Waals surface area contributed by atoms with Gasteiger partial charge in [-0.25, -0.2) is 8.78 Å². The lowest BCUT2D eigenvalue weighted by atomic mass is 9.91. The third-order valence-corrected chi connectivity index (χ3v) is 7.61. The fraction of sp³-hybridized carbons (Fsp3) is 0.444. The monoisotopic (exact) mass is 451 g/mol. The van der Waals surface area contributed by atoms with Gasteiger partial charge in [-0.15, -0.1) is 0 Å². The maximum absolute atomic E-state index is 13.9. The summed E-state index contributed by atoms with van der Waals surface area (Å²) in [6.07, 6.45) is 6.75. The molecule has 0 saturated heterocycles. The highest BCUT2D eigenvalue weighted by molar-refractivity contribution is 5.91. The average molecular weight is 452 g/mol. The minimum absolute atomic E-state index is 0.000601. The van der Waals surface area contributed by atoms with E-state index in [1.165, 1.54) is 5.57 Å². The lowest BCUT2D eigenvalue weighted by molar-refractivity contribution is -0.125. The molecule has 0 spiro atoms. The van der Waals surface area contributed by atoms with Crippen LogP contribution in [0.15, 0.2) is 65.2 Å². The van der Waals surface area contributed by atoms with Crippen molar-refractivity contribution in [2.75, 3.05) is 7.05 Å². The number of halogens is 2. The molecule has 4 aliphatic rings. The molecule has 1 aromatic carbocycles. The number of amides is 1. The zero-order chi connectivity index (χ0) is 23.5. The number of nitrogens with zero attached hydrogens (tertiary/aromatic N) is 1. The number of alkyl halides is 2. The van der Waals surface area contributed by atoms with Crippen molar-refractivity contribution in [2.45, 2.75) is 69.9 Å². The van der Waals surface area contributed by atoms with Gasteiger partial charge >= 0.3 is 0 Å². The smallest absolute Gasteiger partial charge is 0.256 e. The van der Waals surface area contributed by atoms with Gasteiger partial charge in [0.15, 0.2) is 0 Å². The maximum atomic E-state index is 13.9.